The van der Waals surface area contributed by atoms with Crippen molar-refractivity contribution in [2.45, 2.75) is 19.6 Å². The van der Waals surface area contributed by atoms with E-state index < -0.39 is 5.97 Å². The van der Waals surface area contributed by atoms with E-state index in [2.05, 4.69) is 15.3 Å². The quantitative estimate of drug-likeness (QED) is 0.781. The van der Waals surface area contributed by atoms with Crippen LogP contribution in [0, 0.1) is 0 Å². The van der Waals surface area contributed by atoms with E-state index in [0.29, 0.717) is 31.2 Å². The van der Waals surface area contributed by atoms with E-state index in [1.54, 1.807) is 4.90 Å². The molecule has 0 bridgehead atoms. The van der Waals surface area contributed by atoms with E-state index in [4.69, 9.17) is 9.47 Å². The van der Waals surface area contributed by atoms with Crippen LogP contribution >= 0.6 is 0 Å². The maximum atomic E-state index is 13.3. The zero-order valence-corrected chi connectivity index (χ0v) is 16.3. The summed E-state index contributed by atoms with van der Waals surface area (Å²) in [5, 5.41) is 3.30. The molecule has 0 aliphatic carbocycles. The largest absolute Gasteiger partial charge is 0.465 e. The van der Waals surface area contributed by atoms with Crippen molar-refractivity contribution in [2.24, 2.45) is 0 Å². The summed E-state index contributed by atoms with van der Waals surface area (Å²) in [5.41, 5.74) is 1.18. The van der Waals surface area contributed by atoms with Crippen molar-refractivity contribution in [3.8, 4) is 11.4 Å². The number of nitrogens with zero attached hydrogens (tertiary/aromatic N) is 3. The first-order valence-corrected chi connectivity index (χ1v) is 9.11. The average Bonchev–Trinajstić information content (AvgIpc) is 2.73. The summed E-state index contributed by atoms with van der Waals surface area (Å²) in [4.78, 5) is 36.4. The van der Waals surface area contributed by atoms with Gasteiger partial charge in [-0.1, -0.05) is 30.3 Å². The summed E-state index contributed by atoms with van der Waals surface area (Å²) in [5.74, 6) is -0.601. The van der Waals surface area contributed by atoms with Crippen molar-refractivity contribution in [3.63, 3.8) is 0 Å². The molecule has 1 unspecified atom stereocenters. The second kappa shape index (κ2) is 8.90. The van der Waals surface area contributed by atoms with Crippen molar-refractivity contribution >= 4 is 11.9 Å². The van der Waals surface area contributed by atoms with Gasteiger partial charge in [-0.2, -0.15) is 0 Å². The molecule has 8 heteroatoms. The predicted molar refractivity (Wildman–Crippen MR) is 103 cm³/mol. The molecule has 1 fully saturated rings. The second-order valence-corrected chi connectivity index (χ2v) is 6.61. The van der Waals surface area contributed by atoms with E-state index in [1.807, 2.05) is 37.3 Å². The van der Waals surface area contributed by atoms with Gasteiger partial charge in [0.15, 0.2) is 5.82 Å². The molecule has 0 saturated carbocycles. The number of rotatable bonds is 5. The summed E-state index contributed by atoms with van der Waals surface area (Å²) in [6, 6.07) is 9.48. The molecule has 1 aliphatic rings. The number of esters is 1. The minimum Gasteiger partial charge on any atom is -0.465 e. The number of methoxy groups -OCH3 is 2. The third kappa shape index (κ3) is 4.18. The van der Waals surface area contributed by atoms with Gasteiger partial charge in [0.2, 0.25) is 0 Å². The Balaban J connectivity index is 2.14. The highest BCUT2D eigenvalue weighted by molar-refractivity contribution is 6.05. The van der Waals surface area contributed by atoms with Crippen molar-refractivity contribution in [1.29, 1.82) is 0 Å². The molecular formula is C20H24N4O4. The number of amides is 1. The Hall–Kier alpha value is -2.84. The molecule has 0 spiro atoms. The first-order valence-electron chi connectivity index (χ1n) is 9.11. The maximum Gasteiger partial charge on any atom is 0.342 e. The monoisotopic (exact) mass is 384 g/mol. The molecule has 0 radical (unpaired) electrons. The van der Waals surface area contributed by atoms with E-state index in [-0.39, 0.29) is 29.8 Å². The molecule has 1 aromatic carbocycles. The Kier molecular flexibility index (Phi) is 6.33. The van der Waals surface area contributed by atoms with Crippen molar-refractivity contribution in [2.75, 3.05) is 33.9 Å². The second-order valence-electron chi connectivity index (χ2n) is 6.61. The van der Waals surface area contributed by atoms with Gasteiger partial charge in [0.05, 0.1) is 19.4 Å². The number of carbonyl (C=O) groups is 2. The first kappa shape index (κ1) is 19.9. The zero-order chi connectivity index (χ0) is 20.1. The Morgan fingerprint density at radius 2 is 1.96 bits per heavy atom. The number of carbonyl (C=O) groups excluding carboxylic acids is 2. The van der Waals surface area contributed by atoms with E-state index >= 15 is 0 Å². The molecule has 1 N–H and O–H groups in total. The molecular weight excluding hydrogens is 360 g/mol. The number of nitrogens with one attached hydrogen (secondary N) is 1. The molecule has 2 heterocycles. The van der Waals surface area contributed by atoms with Gasteiger partial charge < -0.3 is 19.7 Å². The molecule has 1 amide bonds. The fraction of sp³-hybridized carbons (Fsp3) is 0.400. The van der Waals surface area contributed by atoms with Crippen LogP contribution in [0.2, 0.25) is 0 Å². The normalized spacial score (nSPS) is 16.7. The topological polar surface area (TPSA) is 93.7 Å². The molecule has 1 saturated heterocycles. The molecule has 3 rings (SSSR count). The van der Waals surface area contributed by atoms with Gasteiger partial charge in [0.1, 0.15) is 11.3 Å². The minimum absolute atomic E-state index is 0.0434. The summed E-state index contributed by atoms with van der Waals surface area (Å²) in [6.07, 6.45) is 0. The van der Waals surface area contributed by atoms with Gasteiger partial charge >= 0.3 is 5.97 Å². The van der Waals surface area contributed by atoms with Gasteiger partial charge in [-0.3, -0.25) is 4.79 Å². The van der Waals surface area contributed by atoms with E-state index in [1.165, 1.54) is 14.2 Å². The van der Waals surface area contributed by atoms with Crippen LogP contribution in [-0.4, -0.2) is 66.6 Å². The Morgan fingerprint density at radius 3 is 2.61 bits per heavy atom. The molecule has 148 valence electrons. The molecule has 8 nitrogen and oxygen atoms in total. The number of hydrogen-bond acceptors (Lipinski definition) is 7. The van der Waals surface area contributed by atoms with E-state index in [9.17, 15) is 9.59 Å². The summed E-state index contributed by atoms with van der Waals surface area (Å²) in [6.45, 7) is 3.82. The summed E-state index contributed by atoms with van der Waals surface area (Å²) in [7, 11) is 2.77. The highest BCUT2D eigenvalue weighted by Crippen LogP contribution is 2.22. The van der Waals surface area contributed by atoms with Crippen LogP contribution in [0.4, 0.5) is 0 Å². The highest BCUT2D eigenvalue weighted by Gasteiger charge is 2.30. The molecule has 28 heavy (non-hydrogen) atoms. The molecule has 1 aliphatic heterocycles. The number of piperazine rings is 1. The minimum atomic E-state index is -0.654. The first-order chi connectivity index (χ1) is 13.5. The lowest BCUT2D eigenvalue weighted by Crippen LogP contribution is -2.51. The van der Waals surface area contributed by atoms with Gasteiger partial charge in [0, 0.05) is 38.3 Å². The van der Waals surface area contributed by atoms with Gasteiger partial charge in [0.25, 0.3) is 5.91 Å². The number of ether oxygens (including phenoxy) is 2. The summed E-state index contributed by atoms with van der Waals surface area (Å²) < 4.78 is 10.1. The van der Waals surface area contributed by atoms with Crippen LogP contribution in [-0.2, 0) is 16.1 Å². The van der Waals surface area contributed by atoms with Crippen LogP contribution in [0.25, 0.3) is 11.4 Å². The number of benzene rings is 1. The Bertz CT molecular complexity index is 857. The SMILES string of the molecule is COCc1nc(-c2ccccc2)nc(C(=O)N2CCNC(C)C2)c1C(=O)OC. The highest BCUT2D eigenvalue weighted by atomic mass is 16.5. The van der Waals surface area contributed by atoms with Crippen molar-refractivity contribution in [1.82, 2.24) is 20.2 Å². The number of hydrogen-bond donors (Lipinski definition) is 1. The fourth-order valence-corrected chi connectivity index (χ4v) is 3.20. The van der Waals surface area contributed by atoms with Gasteiger partial charge in [-0.15, -0.1) is 0 Å². The number of aromatic nitrogens is 2. The van der Waals surface area contributed by atoms with Gasteiger partial charge in [-0.05, 0) is 6.92 Å². The smallest absolute Gasteiger partial charge is 0.342 e. The average molecular weight is 384 g/mol. The standard InChI is InChI=1S/C20H24N4O4/c1-13-11-24(10-9-21-13)19(25)17-16(20(26)28-3)15(12-27-2)22-18(23-17)14-7-5-4-6-8-14/h4-8,13,21H,9-12H2,1-3H3. The zero-order valence-electron chi connectivity index (χ0n) is 16.3. The van der Waals surface area contributed by atoms with Crippen LogP contribution < -0.4 is 5.32 Å². The third-order valence-corrected chi connectivity index (χ3v) is 4.55. The lowest BCUT2D eigenvalue weighted by Gasteiger charge is -2.32. The molecule has 1 aromatic heterocycles. The predicted octanol–water partition coefficient (Wildman–Crippen LogP) is 1.51. The summed E-state index contributed by atoms with van der Waals surface area (Å²) >= 11 is 0. The molecule has 1 atom stereocenters. The maximum absolute atomic E-state index is 13.3. The van der Waals surface area contributed by atoms with Crippen molar-refractivity contribution < 1.29 is 19.1 Å². The third-order valence-electron chi connectivity index (χ3n) is 4.55. The van der Waals surface area contributed by atoms with Crippen LogP contribution in [0.3, 0.4) is 0 Å². The lowest BCUT2D eigenvalue weighted by molar-refractivity contribution is 0.0577. The van der Waals surface area contributed by atoms with Crippen LogP contribution in [0.15, 0.2) is 30.3 Å². The van der Waals surface area contributed by atoms with Crippen molar-refractivity contribution in [3.05, 3.63) is 47.3 Å². The Morgan fingerprint density at radius 1 is 1.21 bits per heavy atom. The van der Waals surface area contributed by atoms with Gasteiger partial charge in [-0.25, -0.2) is 14.8 Å². The van der Waals surface area contributed by atoms with Crippen LogP contribution in [0.5, 0.6) is 0 Å². The Labute approximate surface area is 163 Å². The fourth-order valence-electron chi connectivity index (χ4n) is 3.20. The lowest BCUT2D eigenvalue weighted by atomic mass is 10.1. The van der Waals surface area contributed by atoms with E-state index in [0.717, 1.165) is 5.56 Å². The van der Waals surface area contributed by atoms with Crippen LogP contribution in [0.1, 0.15) is 33.5 Å². The molecule has 2 aromatic rings.